The number of ether oxygens (including phenoxy) is 2. The summed E-state index contributed by atoms with van der Waals surface area (Å²) in [6, 6.07) is 5.16. The zero-order chi connectivity index (χ0) is 16.5. The van der Waals surface area contributed by atoms with Crippen molar-refractivity contribution in [2.75, 3.05) is 20.8 Å². The number of rotatable bonds is 6. The van der Waals surface area contributed by atoms with Crippen molar-refractivity contribution in [2.24, 2.45) is 11.0 Å². The van der Waals surface area contributed by atoms with E-state index in [2.05, 4.69) is 15.8 Å². The second kappa shape index (κ2) is 8.66. The normalized spacial score (nSPS) is 10.6. The van der Waals surface area contributed by atoms with Crippen LogP contribution in [-0.2, 0) is 9.59 Å². The van der Waals surface area contributed by atoms with Crippen LogP contribution in [0.5, 0.6) is 11.5 Å². The average Bonchev–Trinajstić information content (AvgIpc) is 2.52. The molecule has 0 aromatic heterocycles. The molecule has 0 aliphatic carbocycles. The molecule has 7 heteroatoms. The number of methoxy groups -OCH3 is 2. The molecule has 2 N–H and O–H groups in total. The van der Waals surface area contributed by atoms with E-state index in [9.17, 15) is 9.59 Å². The van der Waals surface area contributed by atoms with E-state index in [-0.39, 0.29) is 5.92 Å². The topological polar surface area (TPSA) is 89.0 Å². The SMILES string of the molecule is COc1ccc(/C=N\NC(=O)C(=O)NCC(C)C)c(OC)c1. The third-order valence-electron chi connectivity index (χ3n) is 2.69. The van der Waals surface area contributed by atoms with Crippen molar-refractivity contribution in [2.45, 2.75) is 13.8 Å². The minimum atomic E-state index is -0.815. The molecule has 22 heavy (non-hydrogen) atoms. The van der Waals surface area contributed by atoms with Crippen molar-refractivity contribution in [1.29, 1.82) is 0 Å². The number of nitrogens with one attached hydrogen (secondary N) is 2. The van der Waals surface area contributed by atoms with Crippen LogP contribution in [0.25, 0.3) is 0 Å². The van der Waals surface area contributed by atoms with E-state index in [1.165, 1.54) is 13.3 Å². The highest BCUT2D eigenvalue weighted by molar-refractivity contribution is 6.35. The van der Waals surface area contributed by atoms with Gasteiger partial charge in [-0.25, -0.2) is 5.43 Å². The van der Waals surface area contributed by atoms with Gasteiger partial charge >= 0.3 is 11.8 Å². The monoisotopic (exact) mass is 307 g/mol. The predicted octanol–water partition coefficient (Wildman–Crippen LogP) is 0.926. The summed E-state index contributed by atoms with van der Waals surface area (Å²) in [5.41, 5.74) is 2.81. The second-order valence-electron chi connectivity index (χ2n) is 4.91. The molecule has 0 radical (unpaired) electrons. The lowest BCUT2D eigenvalue weighted by atomic mass is 10.2. The number of hydrazone groups is 1. The van der Waals surface area contributed by atoms with E-state index < -0.39 is 11.8 Å². The standard InChI is InChI=1S/C15H21N3O4/c1-10(2)8-16-14(19)15(20)18-17-9-11-5-6-12(21-3)7-13(11)22-4/h5-7,9-10H,8H2,1-4H3,(H,16,19)(H,18,20)/b17-9-. The van der Waals surface area contributed by atoms with E-state index in [4.69, 9.17) is 9.47 Å². The van der Waals surface area contributed by atoms with Crippen LogP contribution in [0.4, 0.5) is 0 Å². The number of carbonyl (C=O) groups excluding carboxylic acids is 2. The molecule has 7 nitrogen and oxygen atoms in total. The van der Waals surface area contributed by atoms with Crippen LogP contribution in [-0.4, -0.2) is 38.8 Å². The van der Waals surface area contributed by atoms with E-state index in [1.54, 1.807) is 25.3 Å². The summed E-state index contributed by atoms with van der Waals surface area (Å²) >= 11 is 0. The van der Waals surface area contributed by atoms with E-state index in [1.807, 2.05) is 13.8 Å². The smallest absolute Gasteiger partial charge is 0.329 e. The fourth-order valence-electron chi connectivity index (χ4n) is 1.51. The molecule has 1 aromatic carbocycles. The summed E-state index contributed by atoms with van der Waals surface area (Å²) in [5, 5.41) is 6.25. The molecular weight excluding hydrogens is 286 g/mol. The number of amides is 2. The molecule has 0 unspecified atom stereocenters. The minimum Gasteiger partial charge on any atom is -0.497 e. The molecule has 1 aromatic rings. The Bertz CT molecular complexity index is 556. The molecule has 0 fully saturated rings. The molecular formula is C15H21N3O4. The van der Waals surface area contributed by atoms with Crippen LogP contribution >= 0.6 is 0 Å². The quantitative estimate of drug-likeness (QED) is 0.465. The summed E-state index contributed by atoms with van der Waals surface area (Å²) in [7, 11) is 3.07. The molecule has 0 saturated carbocycles. The minimum absolute atomic E-state index is 0.267. The van der Waals surface area contributed by atoms with Gasteiger partial charge in [0, 0.05) is 18.2 Å². The molecule has 0 heterocycles. The van der Waals surface area contributed by atoms with E-state index >= 15 is 0 Å². The van der Waals surface area contributed by atoms with Crippen LogP contribution in [0, 0.1) is 5.92 Å². The van der Waals surface area contributed by atoms with Gasteiger partial charge in [-0.15, -0.1) is 0 Å². The Labute approximate surface area is 129 Å². The van der Waals surface area contributed by atoms with Gasteiger partial charge in [0.25, 0.3) is 0 Å². The molecule has 2 amide bonds. The first-order valence-corrected chi connectivity index (χ1v) is 6.81. The van der Waals surface area contributed by atoms with E-state index in [0.29, 0.717) is 23.6 Å². The van der Waals surface area contributed by atoms with Gasteiger partial charge in [-0.1, -0.05) is 13.8 Å². The highest BCUT2D eigenvalue weighted by atomic mass is 16.5. The first kappa shape index (κ1) is 17.5. The largest absolute Gasteiger partial charge is 0.497 e. The number of carbonyl (C=O) groups is 2. The molecule has 0 spiro atoms. The Hall–Kier alpha value is -2.57. The molecule has 0 bridgehead atoms. The molecule has 0 aliphatic rings. The molecule has 0 saturated heterocycles. The molecule has 0 atom stereocenters. The Kier molecular flexibility index (Phi) is 6.88. The first-order valence-electron chi connectivity index (χ1n) is 6.81. The maximum absolute atomic E-state index is 11.5. The maximum atomic E-state index is 11.5. The lowest BCUT2D eigenvalue weighted by Crippen LogP contribution is -2.39. The first-order chi connectivity index (χ1) is 10.5. The lowest BCUT2D eigenvalue weighted by molar-refractivity contribution is -0.139. The Morgan fingerprint density at radius 3 is 2.55 bits per heavy atom. The number of nitrogens with zero attached hydrogens (tertiary/aromatic N) is 1. The van der Waals surface area contributed by atoms with Gasteiger partial charge in [0.15, 0.2) is 0 Å². The van der Waals surface area contributed by atoms with Crippen molar-refractivity contribution in [3.63, 3.8) is 0 Å². The fourth-order valence-corrected chi connectivity index (χ4v) is 1.51. The highest BCUT2D eigenvalue weighted by Crippen LogP contribution is 2.22. The summed E-state index contributed by atoms with van der Waals surface area (Å²) in [6.07, 6.45) is 1.39. The Morgan fingerprint density at radius 2 is 1.95 bits per heavy atom. The van der Waals surface area contributed by atoms with Crippen LogP contribution in [0.2, 0.25) is 0 Å². The average molecular weight is 307 g/mol. The predicted molar refractivity (Wildman–Crippen MR) is 83.1 cm³/mol. The van der Waals surface area contributed by atoms with Gasteiger partial charge in [-0.05, 0) is 18.1 Å². The van der Waals surface area contributed by atoms with Gasteiger partial charge in [-0.3, -0.25) is 9.59 Å². The third kappa shape index (κ3) is 5.43. The summed E-state index contributed by atoms with van der Waals surface area (Å²) < 4.78 is 10.3. The fraction of sp³-hybridized carbons (Fsp3) is 0.400. The Balaban J connectivity index is 2.62. The van der Waals surface area contributed by atoms with Crippen molar-refractivity contribution in [1.82, 2.24) is 10.7 Å². The van der Waals surface area contributed by atoms with E-state index in [0.717, 1.165) is 0 Å². The van der Waals surface area contributed by atoms with Crippen LogP contribution in [0.15, 0.2) is 23.3 Å². The van der Waals surface area contributed by atoms with Crippen LogP contribution in [0.1, 0.15) is 19.4 Å². The second-order valence-corrected chi connectivity index (χ2v) is 4.91. The highest BCUT2D eigenvalue weighted by Gasteiger charge is 2.12. The van der Waals surface area contributed by atoms with Gasteiger partial charge in [0.05, 0.1) is 20.4 Å². The number of hydrogen-bond donors (Lipinski definition) is 2. The number of benzene rings is 1. The van der Waals surface area contributed by atoms with Crippen LogP contribution < -0.4 is 20.2 Å². The van der Waals surface area contributed by atoms with Gasteiger partial charge in [0.2, 0.25) is 0 Å². The Morgan fingerprint density at radius 1 is 1.23 bits per heavy atom. The summed E-state index contributed by atoms with van der Waals surface area (Å²) in [6.45, 7) is 4.31. The molecule has 0 aliphatic heterocycles. The van der Waals surface area contributed by atoms with Crippen LogP contribution in [0.3, 0.4) is 0 Å². The van der Waals surface area contributed by atoms with Gasteiger partial charge in [-0.2, -0.15) is 5.10 Å². The maximum Gasteiger partial charge on any atom is 0.329 e. The number of hydrogen-bond acceptors (Lipinski definition) is 5. The summed E-state index contributed by atoms with van der Waals surface area (Å²) in [5.74, 6) is -0.0755. The van der Waals surface area contributed by atoms with Gasteiger partial charge < -0.3 is 14.8 Å². The third-order valence-corrected chi connectivity index (χ3v) is 2.69. The molecule has 1 rings (SSSR count). The molecule has 120 valence electrons. The van der Waals surface area contributed by atoms with Crippen molar-refractivity contribution in [3.8, 4) is 11.5 Å². The zero-order valence-corrected chi connectivity index (χ0v) is 13.2. The van der Waals surface area contributed by atoms with Crippen molar-refractivity contribution >= 4 is 18.0 Å². The van der Waals surface area contributed by atoms with Gasteiger partial charge in [0.1, 0.15) is 11.5 Å². The van der Waals surface area contributed by atoms with Crippen molar-refractivity contribution in [3.05, 3.63) is 23.8 Å². The summed E-state index contributed by atoms with van der Waals surface area (Å²) in [4.78, 5) is 23.0. The lowest BCUT2D eigenvalue weighted by Gasteiger charge is -2.07. The van der Waals surface area contributed by atoms with Crippen molar-refractivity contribution < 1.29 is 19.1 Å². The zero-order valence-electron chi connectivity index (χ0n) is 13.2.